The first kappa shape index (κ1) is 22.0. The van der Waals surface area contributed by atoms with E-state index < -0.39 is 9.84 Å². The van der Waals surface area contributed by atoms with Gasteiger partial charge in [0, 0.05) is 24.6 Å². The van der Waals surface area contributed by atoms with Crippen molar-refractivity contribution in [2.75, 3.05) is 5.32 Å². The van der Waals surface area contributed by atoms with Gasteiger partial charge in [-0.1, -0.05) is 38.1 Å². The van der Waals surface area contributed by atoms with Gasteiger partial charge in [0.25, 0.3) is 0 Å². The number of anilines is 1. The van der Waals surface area contributed by atoms with E-state index in [0.717, 1.165) is 16.8 Å². The summed E-state index contributed by atoms with van der Waals surface area (Å²) in [5.74, 6) is 0.532. The van der Waals surface area contributed by atoms with Gasteiger partial charge in [0.15, 0.2) is 0 Å². The van der Waals surface area contributed by atoms with Crippen LogP contribution in [0.15, 0.2) is 87.8 Å². The maximum atomic E-state index is 13.0. The van der Waals surface area contributed by atoms with Crippen LogP contribution >= 0.6 is 0 Å². The van der Waals surface area contributed by atoms with E-state index in [-0.39, 0.29) is 21.7 Å². The molecule has 0 radical (unpaired) electrons. The van der Waals surface area contributed by atoms with Crippen molar-refractivity contribution in [2.45, 2.75) is 36.1 Å². The highest BCUT2D eigenvalue weighted by Gasteiger charge is 2.18. The SMILES string of the molecule is CC(C)c1cccc(S(=O)(=O)c2ccc(CNC(=NC#N)Nc3ccncc3)cc2)c1. The summed E-state index contributed by atoms with van der Waals surface area (Å²) in [5, 5.41) is 14.9. The average Bonchev–Trinajstić information content (AvgIpc) is 2.78. The quantitative estimate of drug-likeness (QED) is 0.345. The summed E-state index contributed by atoms with van der Waals surface area (Å²) >= 11 is 0. The van der Waals surface area contributed by atoms with E-state index in [0.29, 0.717) is 6.54 Å². The van der Waals surface area contributed by atoms with E-state index >= 15 is 0 Å². The van der Waals surface area contributed by atoms with Crippen LogP contribution in [0, 0.1) is 11.5 Å². The summed E-state index contributed by atoms with van der Waals surface area (Å²) < 4.78 is 26.0. The van der Waals surface area contributed by atoms with E-state index in [1.54, 1.807) is 73.2 Å². The van der Waals surface area contributed by atoms with Crippen LogP contribution in [0.1, 0.15) is 30.9 Å². The van der Waals surface area contributed by atoms with Crippen molar-refractivity contribution in [1.82, 2.24) is 10.3 Å². The standard InChI is InChI=1S/C23H23N5O2S/c1-17(2)19-4-3-5-22(14-19)31(29,30)21-8-6-18(7-9-21)15-26-23(27-16-24)28-20-10-12-25-13-11-20/h3-14,17H,15H2,1-2H3,(H2,25,26,27,28). The zero-order valence-corrected chi connectivity index (χ0v) is 18.1. The molecule has 1 heterocycles. The molecule has 0 aliphatic rings. The van der Waals surface area contributed by atoms with Gasteiger partial charge in [-0.05, 0) is 53.4 Å². The lowest BCUT2D eigenvalue weighted by atomic mass is 10.0. The molecule has 0 aliphatic heterocycles. The molecule has 0 bridgehead atoms. The van der Waals surface area contributed by atoms with Crippen molar-refractivity contribution < 1.29 is 8.42 Å². The summed E-state index contributed by atoms with van der Waals surface area (Å²) in [5.41, 5.74) is 2.56. The summed E-state index contributed by atoms with van der Waals surface area (Å²) in [4.78, 5) is 8.20. The molecule has 0 saturated carbocycles. The molecule has 31 heavy (non-hydrogen) atoms. The second-order valence-electron chi connectivity index (χ2n) is 7.15. The van der Waals surface area contributed by atoms with Gasteiger partial charge >= 0.3 is 0 Å². The maximum Gasteiger partial charge on any atom is 0.212 e. The predicted octanol–water partition coefficient (Wildman–Crippen LogP) is 4.08. The first-order valence-corrected chi connectivity index (χ1v) is 11.2. The van der Waals surface area contributed by atoms with Gasteiger partial charge in [-0.2, -0.15) is 5.26 Å². The second kappa shape index (κ2) is 9.87. The molecule has 7 nitrogen and oxygen atoms in total. The summed E-state index contributed by atoms with van der Waals surface area (Å²) in [6.45, 7) is 4.42. The number of sulfone groups is 1. The van der Waals surface area contributed by atoms with Crippen molar-refractivity contribution >= 4 is 21.5 Å². The smallest absolute Gasteiger partial charge is 0.212 e. The van der Waals surface area contributed by atoms with Crippen molar-refractivity contribution in [2.24, 2.45) is 4.99 Å². The molecule has 1 aromatic heterocycles. The van der Waals surface area contributed by atoms with Crippen LogP contribution in [-0.4, -0.2) is 19.4 Å². The van der Waals surface area contributed by atoms with Crippen molar-refractivity contribution in [3.63, 3.8) is 0 Å². The molecule has 3 aromatic rings. The van der Waals surface area contributed by atoms with Crippen molar-refractivity contribution in [3.05, 3.63) is 84.2 Å². The Balaban J connectivity index is 1.71. The molecule has 2 N–H and O–H groups in total. The molecular formula is C23H23N5O2S. The number of hydrogen-bond acceptors (Lipinski definition) is 5. The number of benzene rings is 2. The number of nitriles is 1. The summed E-state index contributed by atoms with van der Waals surface area (Å²) in [6.07, 6.45) is 5.01. The fourth-order valence-electron chi connectivity index (χ4n) is 2.88. The Morgan fingerprint density at radius 2 is 1.77 bits per heavy atom. The van der Waals surface area contributed by atoms with Gasteiger partial charge < -0.3 is 10.6 Å². The summed E-state index contributed by atoms with van der Waals surface area (Å²) in [7, 11) is -3.60. The summed E-state index contributed by atoms with van der Waals surface area (Å²) in [6, 6.07) is 17.2. The number of aromatic nitrogens is 1. The lowest BCUT2D eigenvalue weighted by molar-refractivity contribution is 0.596. The maximum absolute atomic E-state index is 13.0. The molecular weight excluding hydrogens is 410 g/mol. The van der Waals surface area contributed by atoms with E-state index in [9.17, 15) is 8.42 Å². The predicted molar refractivity (Wildman–Crippen MR) is 120 cm³/mol. The van der Waals surface area contributed by atoms with Gasteiger partial charge in [0.05, 0.1) is 9.79 Å². The third-order valence-electron chi connectivity index (χ3n) is 4.63. The first-order valence-electron chi connectivity index (χ1n) is 9.72. The van der Waals surface area contributed by atoms with Gasteiger partial charge in [-0.3, -0.25) is 4.98 Å². The fraction of sp³-hybridized carbons (Fsp3) is 0.174. The van der Waals surface area contributed by atoms with E-state index in [4.69, 9.17) is 5.26 Å². The third-order valence-corrected chi connectivity index (χ3v) is 6.40. The minimum absolute atomic E-state index is 0.234. The van der Waals surface area contributed by atoms with E-state index in [2.05, 4.69) is 20.6 Å². The number of nitrogens with zero attached hydrogens (tertiary/aromatic N) is 3. The number of rotatable bonds is 6. The lowest BCUT2D eigenvalue weighted by Gasteiger charge is -2.12. The van der Waals surface area contributed by atoms with Crippen molar-refractivity contribution in [1.29, 1.82) is 5.26 Å². The average molecular weight is 434 g/mol. The first-order chi connectivity index (χ1) is 14.9. The number of nitrogens with one attached hydrogen (secondary N) is 2. The van der Waals surface area contributed by atoms with Crippen LogP contribution in [0.5, 0.6) is 0 Å². The largest absolute Gasteiger partial charge is 0.351 e. The fourth-order valence-corrected chi connectivity index (χ4v) is 4.20. The zero-order valence-electron chi connectivity index (χ0n) is 17.3. The van der Waals surface area contributed by atoms with E-state index in [1.165, 1.54) is 0 Å². The third kappa shape index (κ3) is 5.68. The van der Waals surface area contributed by atoms with E-state index in [1.807, 2.05) is 19.9 Å². The van der Waals surface area contributed by atoms with Crippen LogP contribution in [-0.2, 0) is 16.4 Å². The Kier molecular flexibility index (Phi) is 7.00. The zero-order chi connectivity index (χ0) is 22.3. The highest BCUT2D eigenvalue weighted by atomic mass is 32.2. The highest BCUT2D eigenvalue weighted by molar-refractivity contribution is 7.91. The second-order valence-corrected chi connectivity index (χ2v) is 9.10. The Labute approximate surface area is 182 Å². The minimum atomic E-state index is -3.60. The minimum Gasteiger partial charge on any atom is -0.351 e. The Bertz CT molecular complexity index is 1200. The molecule has 0 amide bonds. The molecule has 3 rings (SSSR count). The van der Waals surface area contributed by atoms with Gasteiger partial charge in [0.2, 0.25) is 22.0 Å². The van der Waals surface area contributed by atoms with Crippen LogP contribution in [0.3, 0.4) is 0 Å². The van der Waals surface area contributed by atoms with Crippen molar-refractivity contribution in [3.8, 4) is 6.19 Å². The van der Waals surface area contributed by atoms with Crippen LogP contribution in [0.4, 0.5) is 5.69 Å². The molecule has 0 spiro atoms. The normalized spacial score (nSPS) is 11.7. The number of pyridine rings is 1. The van der Waals surface area contributed by atoms with Gasteiger partial charge in [-0.25, -0.2) is 8.42 Å². The monoisotopic (exact) mass is 433 g/mol. The number of aliphatic imine (C=N–C) groups is 1. The highest BCUT2D eigenvalue weighted by Crippen LogP contribution is 2.24. The molecule has 2 aromatic carbocycles. The topological polar surface area (TPSA) is 107 Å². The van der Waals surface area contributed by atoms with Gasteiger partial charge in [0.1, 0.15) is 0 Å². The molecule has 0 fully saturated rings. The molecule has 0 saturated heterocycles. The number of hydrogen-bond donors (Lipinski definition) is 2. The Hall–Kier alpha value is -3.70. The van der Waals surface area contributed by atoms with Gasteiger partial charge in [-0.15, -0.1) is 4.99 Å². The molecule has 0 atom stereocenters. The Morgan fingerprint density at radius 1 is 1.06 bits per heavy atom. The Morgan fingerprint density at radius 3 is 2.42 bits per heavy atom. The molecule has 0 aliphatic carbocycles. The van der Waals surface area contributed by atoms with Crippen LogP contribution < -0.4 is 10.6 Å². The lowest BCUT2D eigenvalue weighted by Crippen LogP contribution is -2.30. The van der Waals surface area contributed by atoms with Crippen LogP contribution in [0.2, 0.25) is 0 Å². The molecule has 158 valence electrons. The number of guanidine groups is 1. The molecule has 0 unspecified atom stereocenters. The molecule has 8 heteroatoms. The van der Waals surface area contributed by atoms with Crippen LogP contribution in [0.25, 0.3) is 0 Å².